The maximum atomic E-state index is 10.6. The highest BCUT2D eigenvalue weighted by molar-refractivity contribution is 5.66. The zero-order valence-electron chi connectivity index (χ0n) is 8.11. The third-order valence-corrected chi connectivity index (χ3v) is 1.69. The van der Waals surface area contributed by atoms with E-state index < -0.39 is 0 Å². The molecular weight excluding hydrogens is 184 g/mol. The minimum absolute atomic E-state index is 0.104. The molecule has 0 amide bonds. The first-order valence-electron chi connectivity index (χ1n) is 4.12. The Hall–Kier alpha value is -1.71. The maximum absolute atomic E-state index is 10.6. The van der Waals surface area contributed by atoms with E-state index in [2.05, 4.69) is 0 Å². The van der Waals surface area contributed by atoms with Gasteiger partial charge in [-0.2, -0.15) is 0 Å². The SMILES string of the molecule is COc1ccc(O)cc1COC(C)=O. The number of benzene rings is 1. The van der Waals surface area contributed by atoms with E-state index in [4.69, 9.17) is 9.47 Å². The van der Waals surface area contributed by atoms with Crippen molar-refractivity contribution in [2.24, 2.45) is 0 Å². The van der Waals surface area contributed by atoms with Gasteiger partial charge in [-0.25, -0.2) is 0 Å². The normalized spacial score (nSPS) is 9.57. The van der Waals surface area contributed by atoms with Gasteiger partial charge in [0.25, 0.3) is 0 Å². The van der Waals surface area contributed by atoms with Crippen LogP contribution in [0, 0.1) is 0 Å². The number of rotatable bonds is 3. The fourth-order valence-corrected chi connectivity index (χ4v) is 1.06. The number of methoxy groups -OCH3 is 1. The van der Waals surface area contributed by atoms with Crippen LogP contribution in [0.5, 0.6) is 11.5 Å². The number of hydrogen-bond donors (Lipinski definition) is 1. The van der Waals surface area contributed by atoms with Gasteiger partial charge in [-0.1, -0.05) is 0 Å². The summed E-state index contributed by atoms with van der Waals surface area (Å²) in [5.74, 6) is 0.340. The molecule has 0 aliphatic heterocycles. The standard InChI is InChI=1S/C10H12O4/c1-7(11)14-6-8-5-9(12)3-4-10(8)13-2/h3-5,12H,6H2,1-2H3. The van der Waals surface area contributed by atoms with Crippen LogP contribution in [0.15, 0.2) is 18.2 Å². The van der Waals surface area contributed by atoms with Crippen molar-refractivity contribution in [2.45, 2.75) is 13.5 Å². The van der Waals surface area contributed by atoms with Crippen molar-refractivity contribution in [2.75, 3.05) is 7.11 Å². The lowest BCUT2D eigenvalue weighted by molar-refractivity contribution is -0.142. The maximum Gasteiger partial charge on any atom is 0.302 e. The first-order valence-corrected chi connectivity index (χ1v) is 4.12. The highest BCUT2D eigenvalue weighted by Crippen LogP contribution is 2.23. The molecular formula is C10H12O4. The molecule has 1 aromatic carbocycles. The summed E-state index contributed by atoms with van der Waals surface area (Å²) in [7, 11) is 1.52. The minimum atomic E-state index is -0.365. The van der Waals surface area contributed by atoms with E-state index >= 15 is 0 Å². The lowest BCUT2D eigenvalue weighted by Crippen LogP contribution is -2.00. The number of ether oxygens (including phenoxy) is 2. The van der Waals surface area contributed by atoms with E-state index in [9.17, 15) is 9.90 Å². The molecule has 0 heterocycles. The van der Waals surface area contributed by atoms with Gasteiger partial charge >= 0.3 is 5.97 Å². The van der Waals surface area contributed by atoms with Crippen molar-refractivity contribution in [3.05, 3.63) is 23.8 Å². The molecule has 0 bridgehead atoms. The summed E-state index contributed by atoms with van der Waals surface area (Å²) in [6.45, 7) is 1.43. The van der Waals surface area contributed by atoms with Crippen molar-refractivity contribution in [3.63, 3.8) is 0 Å². The van der Waals surface area contributed by atoms with E-state index in [1.165, 1.54) is 26.2 Å². The average Bonchev–Trinajstić information content (AvgIpc) is 2.15. The second-order valence-corrected chi connectivity index (χ2v) is 2.78. The van der Waals surface area contributed by atoms with E-state index in [1.54, 1.807) is 6.07 Å². The Bertz CT molecular complexity index is 333. The monoisotopic (exact) mass is 196 g/mol. The van der Waals surface area contributed by atoms with Crippen LogP contribution in [0.1, 0.15) is 12.5 Å². The molecule has 0 saturated carbocycles. The Morgan fingerprint density at radius 2 is 2.21 bits per heavy atom. The molecule has 0 aliphatic carbocycles. The summed E-state index contributed by atoms with van der Waals surface area (Å²) >= 11 is 0. The van der Waals surface area contributed by atoms with Gasteiger partial charge in [0.2, 0.25) is 0 Å². The van der Waals surface area contributed by atoms with Crippen LogP contribution in [0.2, 0.25) is 0 Å². The average molecular weight is 196 g/mol. The Labute approximate surface area is 82.1 Å². The van der Waals surface area contributed by atoms with Crippen LogP contribution in [-0.2, 0) is 16.1 Å². The second-order valence-electron chi connectivity index (χ2n) is 2.78. The third-order valence-electron chi connectivity index (χ3n) is 1.69. The molecule has 14 heavy (non-hydrogen) atoms. The first-order chi connectivity index (χ1) is 6.63. The minimum Gasteiger partial charge on any atom is -0.508 e. The molecule has 0 radical (unpaired) electrons. The Kier molecular flexibility index (Phi) is 3.34. The highest BCUT2D eigenvalue weighted by atomic mass is 16.5. The predicted octanol–water partition coefficient (Wildman–Crippen LogP) is 1.46. The van der Waals surface area contributed by atoms with Gasteiger partial charge in [0.1, 0.15) is 18.1 Å². The quantitative estimate of drug-likeness (QED) is 0.743. The Balaban J connectivity index is 2.82. The number of carbonyl (C=O) groups excluding carboxylic acids is 1. The van der Waals surface area contributed by atoms with Gasteiger partial charge in [0.05, 0.1) is 7.11 Å². The molecule has 4 heteroatoms. The number of esters is 1. The van der Waals surface area contributed by atoms with Crippen molar-refractivity contribution in [1.29, 1.82) is 0 Å². The molecule has 0 unspecified atom stereocenters. The third kappa shape index (κ3) is 2.65. The summed E-state index contributed by atoms with van der Waals surface area (Å²) < 4.78 is 9.83. The first kappa shape index (κ1) is 10.4. The van der Waals surface area contributed by atoms with Crippen LogP contribution >= 0.6 is 0 Å². The molecule has 0 saturated heterocycles. The molecule has 1 N–H and O–H groups in total. The van der Waals surface area contributed by atoms with E-state index in [0.717, 1.165) is 0 Å². The summed E-state index contributed by atoms with van der Waals surface area (Å²) in [5.41, 5.74) is 0.641. The number of aromatic hydroxyl groups is 1. The van der Waals surface area contributed by atoms with Crippen LogP contribution < -0.4 is 4.74 Å². The van der Waals surface area contributed by atoms with Crippen LogP contribution in [-0.4, -0.2) is 18.2 Å². The summed E-state index contributed by atoms with van der Waals surface area (Å²) in [4.78, 5) is 10.6. The van der Waals surface area contributed by atoms with Crippen molar-refractivity contribution < 1.29 is 19.4 Å². The fourth-order valence-electron chi connectivity index (χ4n) is 1.06. The van der Waals surface area contributed by atoms with Crippen molar-refractivity contribution in [1.82, 2.24) is 0 Å². The molecule has 4 nitrogen and oxygen atoms in total. The summed E-state index contributed by atoms with van der Waals surface area (Å²) in [6, 6.07) is 4.63. The molecule has 0 aliphatic rings. The topological polar surface area (TPSA) is 55.8 Å². The lowest BCUT2D eigenvalue weighted by Gasteiger charge is -2.08. The number of phenolic OH excluding ortho intramolecular Hbond substituents is 1. The van der Waals surface area contributed by atoms with Crippen LogP contribution in [0.3, 0.4) is 0 Å². The van der Waals surface area contributed by atoms with E-state index in [0.29, 0.717) is 11.3 Å². The zero-order chi connectivity index (χ0) is 10.6. The van der Waals surface area contributed by atoms with Gasteiger partial charge in [-0.3, -0.25) is 4.79 Å². The molecule has 0 spiro atoms. The summed E-state index contributed by atoms with van der Waals surface area (Å²) in [6.07, 6.45) is 0. The number of phenols is 1. The van der Waals surface area contributed by atoms with Gasteiger partial charge in [-0.05, 0) is 18.2 Å². The molecule has 0 atom stereocenters. The molecule has 1 aromatic rings. The van der Waals surface area contributed by atoms with E-state index in [1.807, 2.05) is 0 Å². The van der Waals surface area contributed by atoms with Crippen molar-refractivity contribution in [3.8, 4) is 11.5 Å². The van der Waals surface area contributed by atoms with E-state index in [-0.39, 0.29) is 18.3 Å². The molecule has 0 fully saturated rings. The Morgan fingerprint density at radius 1 is 1.50 bits per heavy atom. The van der Waals surface area contributed by atoms with Crippen LogP contribution in [0.25, 0.3) is 0 Å². The number of carbonyl (C=O) groups is 1. The fraction of sp³-hybridized carbons (Fsp3) is 0.300. The Morgan fingerprint density at radius 3 is 2.79 bits per heavy atom. The lowest BCUT2D eigenvalue weighted by atomic mass is 10.2. The summed E-state index contributed by atoms with van der Waals surface area (Å²) in [5, 5.41) is 9.20. The smallest absolute Gasteiger partial charge is 0.302 e. The molecule has 76 valence electrons. The zero-order valence-corrected chi connectivity index (χ0v) is 8.11. The van der Waals surface area contributed by atoms with Gasteiger partial charge in [-0.15, -0.1) is 0 Å². The van der Waals surface area contributed by atoms with Gasteiger partial charge in [0, 0.05) is 12.5 Å². The van der Waals surface area contributed by atoms with Gasteiger partial charge in [0.15, 0.2) is 0 Å². The predicted molar refractivity (Wildman–Crippen MR) is 50.1 cm³/mol. The largest absolute Gasteiger partial charge is 0.508 e. The van der Waals surface area contributed by atoms with Crippen molar-refractivity contribution >= 4 is 5.97 Å². The molecule has 1 rings (SSSR count). The van der Waals surface area contributed by atoms with Gasteiger partial charge < -0.3 is 14.6 Å². The highest BCUT2D eigenvalue weighted by Gasteiger charge is 2.05. The molecule has 0 aromatic heterocycles. The number of hydrogen-bond acceptors (Lipinski definition) is 4. The second kappa shape index (κ2) is 4.50. The van der Waals surface area contributed by atoms with Crippen LogP contribution in [0.4, 0.5) is 0 Å².